The van der Waals surface area contributed by atoms with Gasteiger partial charge in [0, 0.05) is 21.2 Å². The number of carbonyl (C=O) groups excluding carboxylic acids is 1. The lowest BCUT2D eigenvalue weighted by molar-refractivity contribution is -0.107. The van der Waals surface area contributed by atoms with Crippen molar-refractivity contribution in [3.63, 3.8) is 0 Å². The van der Waals surface area contributed by atoms with Gasteiger partial charge >= 0.3 is 0 Å². The molecule has 0 saturated carbocycles. The minimum Gasteiger partial charge on any atom is -0.313 e. The van der Waals surface area contributed by atoms with Crippen LogP contribution in [0.25, 0.3) is 0 Å². The molecule has 0 saturated heterocycles. The van der Waals surface area contributed by atoms with E-state index < -0.39 is 25.6 Å². The molecular formula is C33H28O3P2. The van der Waals surface area contributed by atoms with E-state index in [1.807, 2.05) is 152 Å². The van der Waals surface area contributed by atoms with Crippen molar-refractivity contribution >= 4 is 41.8 Å². The lowest BCUT2D eigenvalue weighted by atomic mass is 10.1. The molecule has 0 N–H and O–H groups in total. The summed E-state index contributed by atoms with van der Waals surface area (Å²) in [7, 11) is -7.20. The standard InChI is InChI=1S/C33H28O3P2/c34-26-32(37(35,28-18-8-2-9-19-28)29-20-10-3-11-21-29)33(27-16-6-1-7-17-27)38(36,30-22-12-4-13-23-30)31-24-14-5-15-25-31/h1-26,32-33H. The molecule has 0 radical (unpaired) electrons. The number of hydrogen-bond donors (Lipinski definition) is 0. The molecule has 0 amide bonds. The fourth-order valence-corrected chi connectivity index (χ4v) is 12.5. The largest absolute Gasteiger partial charge is 0.313 e. The number of aldehydes is 1. The Hall–Kier alpha value is -3.77. The lowest BCUT2D eigenvalue weighted by Crippen LogP contribution is -2.35. The second-order valence-electron chi connectivity index (χ2n) is 9.14. The quantitative estimate of drug-likeness (QED) is 0.164. The van der Waals surface area contributed by atoms with Crippen LogP contribution in [0.15, 0.2) is 152 Å². The first-order valence-electron chi connectivity index (χ1n) is 12.5. The minimum absolute atomic E-state index is 0.567. The van der Waals surface area contributed by atoms with Gasteiger partial charge < -0.3 is 13.9 Å². The molecule has 2 atom stereocenters. The fraction of sp³-hybridized carbons (Fsp3) is 0.0606. The van der Waals surface area contributed by atoms with Crippen LogP contribution in [-0.2, 0) is 13.9 Å². The first-order chi connectivity index (χ1) is 18.6. The first kappa shape index (κ1) is 25.9. The minimum atomic E-state index is -3.63. The van der Waals surface area contributed by atoms with Crippen LogP contribution < -0.4 is 21.2 Å². The van der Waals surface area contributed by atoms with Gasteiger partial charge in [0.1, 0.15) is 6.29 Å². The molecule has 0 aromatic heterocycles. The molecule has 188 valence electrons. The van der Waals surface area contributed by atoms with Crippen LogP contribution in [0.1, 0.15) is 11.2 Å². The van der Waals surface area contributed by atoms with Crippen molar-refractivity contribution in [2.45, 2.75) is 11.3 Å². The summed E-state index contributed by atoms with van der Waals surface area (Å²) < 4.78 is 31.3. The Labute approximate surface area is 223 Å². The Balaban J connectivity index is 1.87. The van der Waals surface area contributed by atoms with Crippen LogP contribution in [0.2, 0.25) is 0 Å². The molecule has 5 aromatic carbocycles. The summed E-state index contributed by atoms with van der Waals surface area (Å²) in [6.07, 6.45) is 0.775. The van der Waals surface area contributed by atoms with Gasteiger partial charge in [-0.05, 0) is 5.56 Å². The van der Waals surface area contributed by atoms with E-state index >= 15 is 9.13 Å². The van der Waals surface area contributed by atoms with Gasteiger partial charge in [0.15, 0.2) is 14.3 Å². The summed E-state index contributed by atoms with van der Waals surface area (Å²) in [5.74, 6) is 0. The van der Waals surface area contributed by atoms with E-state index in [4.69, 9.17) is 0 Å². The van der Waals surface area contributed by atoms with Crippen LogP contribution >= 0.6 is 14.3 Å². The maximum absolute atomic E-state index is 15.7. The van der Waals surface area contributed by atoms with Gasteiger partial charge in [0.05, 0.1) is 11.3 Å². The van der Waals surface area contributed by atoms with E-state index in [9.17, 15) is 4.79 Å². The zero-order chi connectivity index (χ0) is 26.4. The monoisotopic (exact) mass is 534 g/mol. The van der Waals surface area contributed by atoms with Crippen molar-refractivity contribution in [2.24, 2.45) is 0 Å². The normalized spacial score (nSPS) is 13.4. The summed E-state index contributed by atoms with van der Waals surface area (Å²) in [5.41, 5.74) is -1.23. The van der Waals surface area contributed by atoms with Crippen molar-refractivity contribution in [3.05, 3.63) is 157 Å². The van der Waals surface area contributed by atoms with Gasteiger partial charge in [-0.3, -0.25) is 0 Å². The SMILES string of the molecule is O=CC(C(c1ccccc1)P(=O)(c1ccccc1)c1ccccc1)P(=O)(c1ccccc1)c1ccccc1. The average Bonchev–Trinajstić information content (AvgIpc) is 3.01. The third kappa shape index (κ3) is 4.65. The summed E-state index contributed by atoms with van der Waals surface area (Å²) in [5, 5.41) is 2.38. The zero-order valence-electron chi connectivity index (χ0n) is 20.8. The van der Waals surface area contributed by atoms with Crippen molar-refractivity contribution in [1.82, 2.24) is 0 Å². The zero-order valence-corrected chi connectivity index (χ0v) is 22.6. The van der Waals surface area contributed by atoms with Crippen molar-refractivity contribution in [1.29, 1.82) is 0 Å². The molecule has 38 heavy (non-hydrogen) atoms. The average molecular weight is 535 g/mol. The molecule has 3 nitrogen and oxygen atoms in total. The second kappa shape index (κ2) is 11.3. The number of carbonyl (C=O) groups is 1. The van der Waals surface area contributed by atoms with E-state index in [1.165, 1.54) is 0 Å². The summed E-state index contributed by atoms with van der Waals surface area (Å²) >= 11 is 0. The van der Waals surface area contributed by atoms with Crippen LogP contribution in [0.3, 0.4) is 0 Å². The summed E-state index contributed by atoms with van der Waals surface area (Å²) in [4.78, 5) is 13.3. The van der Waals surface area contributed by atoms with Crippen LogP contribution in [0.4, 0.5) is 0 Å². The fourth-order valence-electron chi connectivity index (χ4n) is 5.19. The summed E-state index contributed by atoms with van der Waals surface area (Å²) in [6, 6.07) is 46.3. The van der Waals surface area contributed by atoms with Gasteiger partial charge in [-0.2, -0.15) is 0 Å². The topological polar surface area (TPSA) is 51.2 Å². The highest BCUT2D eigenvalue weighted by Gasteiger charge is 2.50. The van der Waals surface area contributed by atoms with E-state index in [-0.39, 0.29) is 0 Å². The van der Waals surface area contributed by atoms with Gasteiger partial charge in [-0.25, -0.2) is 0 Å². The van der Waals surface area contributed by atoms with E-state index in [2.05, 4.69) is 0 Å². The molecule has 0 spiro atoms. The Morgan fingerprint density at radius 2 is 0.711 bits per heavy atom. The molecule has 0 heterocycles. The molecular weight excluding hydrogens is 506 g/mol. The van der Waals surface area contributed by atoms with Gasteiger partial charge in [0.2, 0.25) is 0 Å². The van der Waals surface area contributed by atoms with E-state index in [0.717, 1.165) is 6.29 Å². The molecule has 0 aliphatic rings. The maximum atomic E-state index is 15.7. The van der Waals surface area contributed by atoms with Crippen LogP contribution in [-0.4, -0.2) is 11.9 Å². The number of hydrogen-bond acceptors (Lipinski definition) is 3. The third-order valence-corrected chi connectivity index (χ3v) is 14.1. The van der Waals surface area contributed by atoms with Crippen molar-refractivity contribution in [2.75, 3.05) is 0 Å². The lowest BCUT2D eigenvalue weighted by Gasteiger charge is -2.37. The molecule has 0 fully saturated rings. The van der Waals surface area contributed by atoms with Crippen LogP contribution in [0, 0.1) is 0 Å². The Bertz CT molecular complexity index is 1490. The molecule has 2 unspecified atom stereocenters. The van der Waals surface area contributed by atoms with Gasteiger partial charge in [0.25, 0.3) is 0 Å². The highest BCUT2D eigenvalue weighted by atomic mass is 31.2. The first-order valence-corrected chi connectivity index (χ1v) is 16.1. The third-order valence-electron chi connectivity index (χ3n) is 6.97. The number of benzene rings is 5. The molecule has 5 heteroatoms. The predicted molar refractivity (Wildman–Crippen MR) is 159 cm³/mol. The Morgan fingerprint density at radius 3 is 1.03 bits per heavy atom. The van der Waals surface area contributed by atoms with Crippen molar-refractivity contribution < 1.29 is 13.9 Å². The summed E-state index contributed by atoms with van der Waals surface area (Å²) in [6.45, 7) is 0. The Morgan fingerprint density at radius 1 is 0.421 bits per heavy atom. The molecule has 0 aliphatic heterocycles. The molecule has 5 rings (SSSR count). The molecule has 5 aromatic rings. The highest BCUT2D eigenvalue weighted by Crippen LogP contribution is 2.66. The predicted octanol–water partition coefficient (Wildman–Crippen LogP) is 6.32. The highest BCUT2D eigenvalue weighted by molar-refractivity contribution is 7.83. The van der Waals surface area contributed by atoms with Gasteiger partial charge in [-0.15, -0.1) is 0 Å². The Kier molecular flexibility index (Phi) is 7.70. The molecule has 0 bridgehead atoms. The second-order valence-corrected chi connectivity index (χ2v) is 15.0. The van der Waals surface area contributed by atoms with Crippen molar-refractivity contribution in [3.8, 4) is 0 Å². The maximum Gasteiger partial charge on any atom is 0.154 e. The smallest absolute Gasteiger partial charge is 0.154 e. The van der Waals surface area contributed by atoms with Crippen LogP contribution in [0.5, 0.6) is 0 Å². The van der Waals surface area contributed by atoms with E-state index in [0.29, 0.717) is 26.8 Å². The van der Waals surface area contributed by atoms with Gasteiger partial charge in [-0.1, -0.05) is 152 Å². The number of rotatable bonds is 9. The molecule has 0 aliphatic carbocycles. The van der Waals surface area contributed by atoms with E-state index in [1.54, 1.807) is 0 Å².